The van der Waals surface area contributed by atoms with Crippen LogP contribution in [-0.4, -0.2) is 35.1 Å². The Morgan fingerprint density at radius 2 is 1.92 bits per heavy atom. The van der Waals surface area contributed by atoms with Crippen LogP contribution in [-0.2, 0) is 0 Å². The third-order valence-corrected chi connectivity index (χ3v) is 2.77. The molecule has 2 rings (SSSR count). The minimum absolute atomic E-state index is 0.714. The van der Waals surface area contributed by atoms with Crippen molar-refractivity contribution in [2.75, 3.05) is 19.6 Å². The molecule has 0 atom stereocenters. The predicted molar refractivity (Wildman–Crippen MR) is 48.2 cm³/mol. The molecule has 0 unspecified atom stereocenters. The minimum Gasteiger partial charge on any atom is -0.715 e. The van der Waals surface area contributed by atoms with E-state index in [1.165, 1.54) is 24.0 Å². The van der Waals surface area contributed by atoms with Gasteiger partial charge in [0.05, 0.1) is 19.6 Å². The number of rotatable bonds is 0. The van der Waals surface area contributed by atoms with E-state index < -0.39 is 0 Å². The molecule has 0 aromatic rings. The van der Waals surface area contributed by atoms with Crippen molar-refractivity contribution in [1.82, 2.24) is 4.90 Å². The maximum atomic E-state index is 11.4. The van der Waals surface area contributed by atoms with Crippen molar-refractivity contribution in [2.45, 2.75) is 32.1 Å². The summed E-state index contributed by atoms with van der Waals surface area (Å²) in [6, 6.07) is 0. The normalized spacial score (nSPS) is 25.2. The van der Waals surface area contributed by atoms with Crippen LogP contribution in [0.3, 0.4) is 0 Å². The van der Waals surface area contributed by atoms with Gasteiger partial charge in [0.15, 0.2) is 0 Å². The molecule has 1 saturated heterocycles. The van der Waals surface area contributed by atoms with Crippen LogP contribution in [0.15, 0.2) is 0 Å². The summed E-state index contributed by atoms with van der Waals surface area (Å²) >= 11 is 0. The largest absolute Gasteiger partial charge is 0.715 e. The fraction of sp³-hybridized carbons (Fsp3) is 0.889. The van der Waals surface area contributed by atoms with Crippen LogP contribution in [0.2, 0.25) is 0 Å². The highest BCUT2D eigenvalue weighted by Crippen LogP contribution is 2.15. The molecule has 0 aromatic carbocycles. The highest BCUT2D eigenvalue weighted by atomic mass is 16.5. The number of hydrogen-bond donors (Lipinski definition) is 0. The quantitative estimate of drug-likeness (QED) is 0.401. The fourth-order valence-electron chi connectivity index (χ4n) is 2.11. The molecule has 0 amide bonds. The molecule has 0 aliphatic carbocycles. The monoisotopic (exact) mass is 168 g/mol. The molecular weight excluding hydrogens is 152 g/mol. The Bertz CT molecular complexity index is 201. The minimum atomic E-state index is 0.714. The molecule has 0 saturated carbocycles. The molecule has 0 spiro atoms. The van der Waals surface area contributed by atoms with E-state index in [1.54, 1.807) is 0 Å². The van der Waals surface area contributed by atoms with Crippen LogP contribution < -0.4 is 0 Å². The average Bonchev–Trinajstić information content (AvgIpc) is 2.30. The van der Waals surface area contributed by atoms with Gasteiger partial charge in [-0.15, -0.1) is 0 Å². The van der Waals surface area contributed by atoms with E-state index in [0.29, 0.717) is 6.54 Å². The van der Waals surface area contributed by atoms with Crippen molar-refractivity contribution >= 4 is 5.84 Å². The van der Waals surface area contributed by atoms with Gasteiger partial charge in [0.25, 0.3) is 0 Å². The molecule has 3 heteroatoms. The van der Waals surface area contributed by atoms with Crippen LogP contribution in [0.1, 0.15) is 32.1 Å². The van der Waals surface area contributed by atoms with Gasteiger partial charge >= 0.3 is 0 Å². The number of amidine groups is 1. The second kappa shape index (κ2) is 3.33. The van der Waals surface area contributed by atoms with Crippen molar-refractivity contribution in [3.05, 3.63) is 5.21 Å². The zero-order valence-electron chi connectivity index (χ0n) is 7.46. The first-order chi connectivity index (χ1) is 5.88. The third-order valence-electron chi connectivity index (χ3n) is 2.77. The Kier molecular flexibility index (Phi) is 2.19. The van der Waals surface area contributed by atoms with E-state index in [9.17, 15) is 5.21 Å². The summed E-state index contributed by atoms with van der Waals surface area (Å²) in [5, 5.41) is 11.4. The average molecular weight is 168 g/mol. The van der Waals surface area contributed by atoms with Crippen LogP contribution in [0, 0.1) is 5.21 Å². The van der Waals surface area contributed by atoms with Gasteiger partial charge in [-0.3, -0.25) is 9.64 Å². The number of fused-ring (bicyclic) bond motifs is 1. The number of nitrogens with zero attached hydrogens (tertiary/aromatic N) is 2. The summed E-state index contributed by atoms with van der Waals surface area (Å²) < 4.78 is 1.20. The summed E-state index contributed by atoms with van der Waals surface area (Å²) in [7, 11) is 0. The molecule has 2 aliphatic rings. The first kappa shape index (κ1) is 7.90. The number of hydrogen-bond acceptors (Lipinski definition) is 2. The Labute approximate surface area is 73.3 Å². The maximum absolute atomic E-state index is 11.4. The summed E-state index contributed by atoms with van der Waals surface area (Å²) in [6.07, 6.45) is 5.78. The van der Waals surface area contributed by atoms with E-state index in [2.05, 4.69) is 4.90 Å². The molecule has 68 valence electrons. The molecule has 0 bridgehead atoms. The fourth-order valence-corrected chi connectivity index (χ4v) is 2.11. The van der Waals surface area contributed by atoms with Crippen molar-refractivity contribution in [1.29, 1.82) is 0 Å². The van der Waals surface area contributed by atoms with Crippen molar-refractivity contribution in [3.8, 4) is 0 Å². The van der Waals surface area contributed by atoms with Crippen molar-refractivity contribution < 1.29 is 4.74 Å². The van der Waals surface area contributed by atoms with Gasteiger partial charge < -0.3 is 5.21 Å². The Hall–Kier alpha value is -0.730. The summed E-state index contributed by atoms with van der Waals surface area (Å²) in [6.45, 7) is 2.92. The van der Waals surface area contributed by atoms with E-state index >= 15 is 0 Å². The van der Waals surface area contributed by atoms with Crippen LogP contribution in [0.4, 0.5) is 0 Å². The molecule has 0 radical (unpaired) electrons. The van der Waals surface area contributed by atoms with Crippen LogP contribution >= 0.6 is 0 Å². The zero-order valence-corrected chi connectivity index (χ0v) is 7.46. The van der Waals surface area contributed by atoms with E-state index in [4.69, 9.17) is 0 Å². The lowest BCUT2D eigenvalue weighted by atomic mass is 10.2. The zero-order chi connectivity index (χ0) is 8.39. The Balaban J connectivity index is 2.17. The molecule has 2 aliphatic heterocycles. The molecule has 0 N–H and O–H groups in total. The van der Waals surface area contributed by atoms with Gasteiger partial charge in [0, 0.05) is 12.8 Å². The summed E-state index contributed by atoms with van der Waals surface area (Å²) in [5.74, 6) is 1.05. The molecule has 0 aromatic heterocycles. The van der Waals surface area contributed by atoms with Gasteiger partial charge in [-0.25, -0.2) is 0 Å². The Morgan fingerprint density at radius 3 is 2.83 bits per heavy atom. The lowest BCUT2D eigenvalue weighted by Gasteiger charge is -2.27. The SMILES string of the molecule is [O-][N+]1=C2CCCCCN2CCC1. The Morgan fingerprint density at radius 1 is 1.08 bits per heavy atom. The molecular formula is C9H16N2O. The second-order valence-corrected chi connectivity index (χ2v) is 3.67. The molecule has 3 nitrogen and oxygen atoms in total. The van der Waals surface area contributed by atoms with Gasteiger partial charge in [-0.1, -0.05) is 0 Å². The predicted octanol–water partition coefficient (Wildman–Crippen LogP) is 1.17. The summed E-state index contributed by atoms with van der Waals surface area (Å²) in [4.78, 5) is 2.28. The lowest BCUT2D eigenvalue weighted by molar-refractivity contribution is -0.471. The molecule has 2 heterocycles. The van der Waals surface area contributed by atoms with E-state index in [0.717, 1.165) is 31.8 Å². The maximum Gasteiger partial charge on any atom is 0.249 e. The topological polar surface area (TPSA) is 29.3 Å². The van der Waals surface area contributed by atoms with Gasteiger partial charge in [-0.2, -0.15) is 0 Å². The number of hydroxylamine groups is 1. The van der Waals surface area contributed by atoms with Crippen LogP contribution in [0.25, 0.3) is 0 Å². The third kappa shape index (κ3) is 1.40. The van der Waals surface area contributed by atoms with E-state index in [1.807, 2.05) is 0 Å². The first-order valence-electron chi connectivity index (χ1n) is 4.93. The summed E-state index contributed by atoms with van der Waals surface area (Å²) in [5.41, 5.74) is 0. The second-order valence-electron chi connectivity index (χ2n) is 3.67. The van der Waals surface area contributed by atoms with E-state index in [-0.39, 0.29) is 0 Å². The molecule has 12 heavy (non-hydrogen) atoms. The standard InChI is InChI=1S/C9H16N2O/c12-11-8-4-7-10-6-3-1-2-5-9(10)11/h1-8H2. The van der Waals surface area contributed by atoms with Gasteiger partial charge in [-0.05, 0) is 19.3 Å². The lowest BCUT2D eigenvalue weighted by Crippen LogP contribution is -2.41. The van der Waals surface area contributed by atoms with Gasteiger partial charge in [0.2, 0.25) is 5.84 Å². The smallest absolute Gasteiger partial charge is 0.249 e. The highest BCUT2D eigenvalue weighted by Gasteiger charge is 2.25. The first-order valence-corrected chi connectivity index (χ1v) is 4.93. The van der Waals surface area contributed by atoms with Gasteiger partial charge in [0.1, 0.15) is 0 Å². The van der Waals surface area contributed by atoms with Crippen LogP contribution in [0.5, 0.6) is 0 Å². The highest BCUT2D eigenvalue weighted by molar-refractivity contribution is 5.78. The van der Waals surface area contributed by atoms with Crippen molar-refractivity contribution in [2.24, 2.45) is 0 Å². The van der Waals surface area contributed by atoms with Crippen molar-refractivity contribution in [3.63, 3.8) is 0 Å². The molecule has 1 fully saturated rings.